The van der Waals surface area contributed by atoms with Gasteiger partial charge in [0.25, 0.3) is 0 Å². The van der Waals surface area contributed by atoms with Crippen LogP contribution in [-0.4, -0.2) is 17.9 Å². The van der Waals surface area contributed by atoms with Gasteiger partial charge in [0, 0.05) is 15.8 Å². The fraction of sp³-hybridized carbons (Fsp3) is 0.125. The van der Waals surface area contributed by atoms with E-state index in [9.17, 15) is 4.79 Å². The summed E-state index contributed by atoms with van der Waals surface area (Å²) in [6, 6.07) is 14.8. The summed E-state index contributed by atoms with van der Waals surface area (Å²) in [6.07, 6.45) is 1.58. The molecule has 0 unspecified atom stereocenters. The van der Waals surface area contributed by atoms with Crippen LogP contribution < -0.4 is 5.43 Å². The molecule has 6 heteroatoms. The number of carbonyl (C=O) groups is 1. The number of carbonyl (C=O) groups excluding carboxylic acids is 1. The summed E-state index contributed by atoms with van der Waals surface area (Å²) in [5, 5.41) is 5.29. The van der Waals surface area contributed by atoms with Crippen molar-refractivity contribution < 1.29 is 4.79 Å². The average molecular weight is 353 g/mol. The van der Waals surface area contributed by atoms with Crippen LogP contribution in [0.3, 0.4) is 0 Å². The molecule has 3 nitrogen and oxygen atoms in total. The summed E-state index contributed by atoms with van der Waals surface area (Å²) < 4.78 is 0. The predicted octanol–water partition coefficient (Wildman–Crippen LogP) is 4.38. The lowest BCUT2D eigenvalue weighted by molar-refractivity contribution is -0.118. The molecule has 0 aliphatic heterocycles. The van der Waals surface area contributed by atoms with Gasteiger partial charge in [-0.05, 0) is 35.4 Å². The lowest BCUT2D eigenvalue weighted by atomic mass is 10.2. The Bertz CT molecular complexity index is 642. The van der Waals surface area contributed by atoms with Crippen LogP contribution in [0, 0.1) is 0 Å². The van der Waals surface area contributed by atoms with Crippen molar-refractivity contribution in [2.24, 2.45) is 5.10 Å². The number of benzene rings is 2. The first-order chi connectivity index (χ1) is 10.6. The number of hydrogen-bond acceptors (Lipinski definition) is 3. The number of nitrogens with one attached hydrogen (secondary N) is 1. The van der Waals surface area contributed by atoms with Crippen molar-refractivity contribution >= 4 is 47.1 Å². The van der Waals surface area contributed by atoms with E-state index in [4.69, 9.17) is 23.2 Å². The Balaban J connectivity index is 1.69. The van der Waals surface area contributed by atoms with Crippen molar-refractivity contribution in [2.75, 3.05) is 5.75 Å². The Hall–Kier alpha value is -1.49. The van der Waals surface area contributed by atoms with Crippen molar-refractivity contribution in [3.63, 3.8) is 0 Å². The normalized spacial score (nSPS) is 10.8. The second-order valence-electron chi connectivity index (χ2n) is 4.46. The van der Waals surface area contributed by atoms with E-state index in [1.54, 1.807) is 18.3 Å². The molecule has 0 atom stereocenters. The van der Waals surface area contributed by atoms with Crippen LogP contribution in [0.15, 0.2) is 53.6 Å². The van der Waals surface area contributed by atoms with Gasteiger partial charge < -0.3 is 0 Å². The van der Waals surface area contributed by atoms with E-state index in [2.05, 4.69) is 10.5 Å². The van der Waals surface area contributed by atoms with Gasteiger partial charge >= 0.3 is 0 Å². The molecule has 0 aliphatic rings. The third-order valence-electron chi connectivity index (χ3n) is 2.69. The second kappa shape index (κ2) is 8.83. The molecule has 1 N–H and O–H groups in total. The second-order valence-corrected chi connectivity index (χ2v) is 6.32. The summed E-state index contributed by atoms with van der Waals surface area (Å²) in [5.74, 6) is 0.968. The van der Waals surface area contributed by atoms with Crippen LogP contribution in [0.25, 0.3) is 0 Å². The number of hydrazone groups is 1. The van der Waals surface area contributed by atoms with Gasteiger partial charge in [0.1, 0.15) is 0 Å². The van der Waals surface area contributed by atoms with Crippen molar-refractivity contribution in [2.45, 2.75) is 5.75 Å². The molecular formula is C16H14Cl2N2OS. The van der Waals surface area contributed by atoms with Crippen molar-refractivity contribution in [1.82, 2.24) is 5.43 Å². The summed E-state index contributed by atoms with van der Waals surface area (Å²) in [6.45, 7) is 0. The molecular weight excluding hydrogens is 339 g/mol. The van der Waals surface area contributed by atoms with Crippen molar-refractivity contribution in [3.05, 3.63) is 69.7 Å². The van der Waals surface area contributed by atoms with Gasteiger partial charge in [-0.15, -0.1) is 11.8 Å². The summed E-state index contributed by atoms with van der Waals surface area (Å²) in [4.78, 5) is 11.6. The third kappa shape index (κ3) is 6.10. The molecule has 0 spiro atoms. The maximum atomic E-state index is 11.6. The molecule has 2 aromatic rings. The van der Waals surface area contributed by atoms with Crippen LogP contribution in [0.1, 0.15) is 11.1 Å². The van der Waals surface area contributed by atoms with E-state index in [1.807, 2.05) is 36.4 Å². The molecule has 0 aromatic heterocycles. The lowest BCUT2D eigenvalue weighted by Crippen LogP contribution is -2.19. The fourth-order valence-electron chi connectivity index (χ4n) is 1.60. The summed E-state index contributed by atoms with van der Waals surface area (Å²) >= 11 is 13.1. The molecule has 114 valence electrons. The van der Waals surface area contributed by atoms with E-state index in [-0.39, 0.29) is 5.91 Å². The molecule has 0 saturated carbocycles. The topological polar surface area (TPSA) is 41.5 Å². The van der Waals surface area contributed by atoms with Crippen LogP contribution in [0.5, 0.6) is 0 Å². The zero-order valence-corrected chi connectivity index (χ0v) is 14.0. The summed E-state index contributed by atoms with van der Waals surface area (Å²) in [7, 11) is 0. The van der Waals surface area contributed by atoms with Gasteiger partial charge in [-0.2, -0.15) is 5.10 Å². The lowest BCUT2D eigenvalue weighted by Gasteiger charge is -2.01. The minimum atomic E-state index is -0.135. The monoisotopic (exact) mass is 352 g/mol. The van der Waals surface area contributed by atoms with Gasteiger partial charge in [-0.25, -0.2) is 5.43 Å². The number of nitrogens with zero attached hydrogens (tertiary/aromatic N) is 1. The van der Waals surface area contributed by atoms with Gasteiger partial charge in [-0.1, -0.05) is 47.5 Å². The zero-order valence-electron chi connectivity index (χ0n) is 11.6. The SMILES string of the molecule is O=C(CSCc1ccc(Cl)cc1)NN=Cc1ccc(Cl)cc1. The van der Waals surface area contributed by atoms with Crippen LogP contribution in [-0.2, 0) is 10.5 Å². The Kier molecular flexibility index (Phi) is 6.77. The minimum Gasteiger partial charge on any atom is -0.272 e. The van der Waals surface area contributed by atoms with E-state index in [1.165, 1.54) is 11.8 Å². The average Bonchev–Trinajstić information content (AvgIpc) is 2.51. The largest absolute Gasteiger partial charge is 0.272 e. The Morgan fingerprint density at radius 1 is 1.05 bits per heavy atom. The molecule has 0 radical (unpaired) electrons. The molecule has 0 aliphatic carbocycles. The first-order valence-corrected chi connectivity index (χ1v) is 8.44. The fourth-order valence-corrected chi connectivity index (χ4v) is 2.63. The summed E-state index contributed by atoms with van der Waals surface area (Å²) in [5.41, 5.74) is 4.50. The predicted molar refractivity (Wildman–Crippen MR) is 94.8 cm³/mol. The highest BCUT2D eigenvalue weighted by molar-refractivity contribution is 7.99. The van der Waals surface area contributed by atoms with Crippen LogP contribution in [0.4, 0.5) is 0 Å². The maximum Gasteiger partial charge on any atom is 0.250 e. The maximum absolute atomic E-state index is 11.6. The highest BCUT2D eigenvalue weighted by Gasteiger charge is 2.00. The quantitative estimate of drug-likeness (QED) is 0.619. The first kappa shape index (κ1) is 16.9. The molecule has 0 fully saturated rings. The molecule has 2 rings (SSSR count). The van der Waals surface area contributed by atoms with E-state index < -0.39 is 0 Å². The third-order valence-corrected chi connectivity index (χ3v) is 4.20. The van der Waals surface area contributed by atoms with Gasteiger partial charge in [0.05, 0.1) is 12.0 Å². The molecule has 0 heterocycles. The van der Waals surface area contributed by atoms with E-state index >= 15 is 0 Å². The number of thioether (sulfide) groups is 1. The van der Waals surface area contributed by atoms with Gasteiger partial charge in [-0.3, -0.25) is 4.79 Å². The molecule has 0 saturated heterocycles. The number of halogens is 2. The molecule has 22 heavy (non-hydrogen) atoms. The number of rotatable bonds is 6. The molecule has 1 amide bonds. The standard InChI is InChI=1S/C16H14Cl2N2OS/c17-14-5-1-12(2-6-14)9-19-20-16(21)11-22-10-13-3-7-15(18)8-4-13/h1-9H,10-11H2,(H,20,21). The van der Waals surface area contributed by atoms with Crippen molar-refractivity contribution in [3.8, 4) is 0 Å². The van der Waals surface area contributed by atoms with E-state index in [0.29, 0.717) is 15.8 Å². The van der Waals surface area contributed by atoms with Gasteiger partial charge in [0.15, 0.2) is 0 Å². The first-order valence-electron chi connectivity index (χ1n) is 6.53. The Labute approximate surface area is 143 Å². The number of hydrogen-bond donors (Lipinski definition) is 1. The number of amides is 1. The van der Waals surface area contributed by atoms with Crippen LogP contribution in [0.2, 0.25) is 10.0 Å². The highest BCUT2D eigenvalue weighted by Crippen LogP contribution is 2.15. The van der Waals surface area contributed by atoms with Crippen LogP contribution >= 0.6 is 35.0 Å². The smallest absolute Gasteiger partial charge is 0.250 e. The van der Waals surface area contributed by atoms with Gasteiger partial charge in [0.2, 0.25) is 5.91 Å². The zero-order chi connectivity index (χ0) is 15.8. The molecule has 2 aromatic carbocycles. The Morgan fingerprint density at radius 2 is 1.64 bits per heavy atom. The van der Waals surface area contributed by atoms with Crippen molar-refractivity contribution in [1.29, 1.82) is 0 Å². The minimum absolute atomic E-state index is 0.135. The Morgan fingerprint density at radius 3 is 2.27 bits per heavy atom. The van der Waals surface area contributed by atoms with E-state index in [0.717, 1.165) is 16.9 Å². The molecule has 0 bridgehead atoms. The highest BCUT2D eigenvalue weighted by atomic mass is 35.5.